The SMILES string of the molecule is Cc1ccc(CNC(=O)CCc2ccc[nH]2)cc1. The molecule has 0 unspecified atom stereocenters. The van der Waals surface area contributed by atoms with E-state index < -0.39 is 0 Å². The first-order valence-corrected chi connectivity index (χ1v) is 6.18. The maximum atomic E-state index is 11.7. The molecule has 18 heavy (non-hydrogen) atoms. The van der Waals surface area contributed by atoms with Crippen LogP contribution in [0.2, 0.25) is 0 Å². The lowest BCUT2D eigenvalue weighted by Crippen LogP contribution is -2.23. The number of benzene rings is 1. The van der Waals surface area contributed by atoms with Crippen LogP contribution >= 0.6 is 0 Å². The highest BCUT2D eigenvalue weighted by atomic mass is 16.1. The Balaban J connectivity index is 1.73. The van der Waals surface area contributed by atoms with Crippen molar-refractivity contribution in [3.8, 4) is 0 Å². The molecule has 0 saturated heterocycles. The Hall–Kier alpha value is -2.03. The third-order valence-electron chi connectivity index (χ3n) is 2.89. The van der Waals surface area contributed by atoms with Gasteiger partial charge >= 0.3 is 0 Å². The number of hydrogen-bond donors (Lipinski definition) is 2. The van der Waals surface area contributed by atoms with Crippen LogP contribution in [0, 0.1) is 6.92 Å². The number of aromatic amines is 1. The fourth-order valence-corrected chi connectivity index (χ4v) is 1.77. The first-order chi connectivity index (χ1) is 8.74. The standard InChI is InChI=1S/C15H18N2O/c1-12-4-6-13(7-5-12)11-17-15(18)9-8-14-3-2-10-16-14/h2-7,10,16H,8-9,11H2,1H3,(H,17,18). The molecule has 1 aromatic heterocycles. The van der Waals surface area contributed by atoms with Crippen molar-refractivity contribution in [2.45, 2.75) is 26.3 Å². The van der Waals surface area contributed by atoms with Crippen molar-refractivity contribution >= 4 is 5.91 Å². The number of amides is 1. The van der Waals surface area contributed by atoms with Gasteiger partial charge < -0.3 is 10.3 Å². The normalized spacial score (nSPS) is 10.3. The summed E-state index contributed by atoms with van der Waals surface area (Å²) in [5.41, 5.74) is 3.46. The largest absolute Gasteiger partial charge is 0.365 e. The highest BCUT2D eigenvalue weighted by Gasteiger charge is 2.02. The van der Waals surface area contributed by atoms with Gasteiger partial charge in [-0.3, -0.25) is 4.79 Å². The second-order valence-corrected chi connectivity index (χ2v) is 4.46. The predicted octanol–water partition coefficient (Wildman–Crippen LogP) is 2.57. The highest BCUT2D eigenvalue weighted by Crippen LogP contribution is 2.03. The Labute approximate surface area is 107 Å². The topological polar surface area (TPSA) is 44.9 Å². The third-order valence-corrected chi connectivity index (χ3v) is 2.89. The van der Waals surface area contributed by atoms with Crippen LogP contribution in [-0.2, 0) is 17.8 Å². The van der Waals surface area contributed by atoms with E-state index in [0.717, 1.165) is 17.7 Å². The quantitative estimate of drug-likeness (QED) is 0.831. The zero-order valence-corrected chi connectivity index (χ0v) is 10.6. The van der Waals surface area contributed by atoms with Gasteiger partial charge in [-0.15, -0.1) is 0 Å². The molecule has 3 nitrogen and oxygen atoms in total. The van der Waals surface area contributed by atoms with Crippen LogP contribution in [0.4, 0.5) is 0 Å². The molecule has 0 aliphatic heterocycles. The number of carbonyl (C=O) groups is 1. The van der Waals surface area contributed by atoms with Crippen molar-refractivity contribution in [3.05, 3.63) is 59.4 Å². The Morgan fingerprint density at radius 2 is 2.00 bits per heavy atom. The molecule has 0 bridgehead atoms. The summed E-state index contributed by atoms with van der Waals surface area (Å²) < 4.78 is 0. The summed E-state index contributed by atoms with van der Waals surface area (Å²) in [5.74, 6) is 0.0881. The zero-order chi connectivity index (χ0) is 12.8. The van der Waals surface area contributed by atoms with Gasteiger partial charge in [0.1, 0.15) is 0 Å². The number of aromatic nitrogens is 1. The minimum absolute atomic E-state index is 0.0881. The molecule has 0 atom stereocenters. The molecular formula is C15H18N2O. The van der Waals surface area contributed by atoms with E-state index in [-0.39, 0.29) is 5.91 Å². The molecule has 2 N–H and O–H groups in total. The van der Waals surface area contributed by atoms with Gasteiger partial charge in [-0.1, -0.05) is 29.8 Å². The van der Waals surface area contributed by atoms with Crippen LogP contribution in [0.3, 0.4) is 0 Å². The van der Waals surface area contributed by atoms with Gasteiger partial charge in [0, 0.05) is 24.9 Å². The summed E-state index contributed by atoms with van der Waals surface area (Å²) in [6.45, 7) is 2.66. The van der Waals surface area contributed by atoms with Crippen LogP contribution in [0.15, 0.2) is 42.6 Å². The van der Waals surface area contributed by atoms with Gasteiger partial charge in [0.2, 0.25) is 5.91 Å². The number of hydrogen-bond acceptors (Lipinski definition) is 1. The maximum absolute atomic E-state index is 11.7. The predicted molar refractivity (Wildman–Crippen MR) is 72.1 cm³/mol. The summed E-state index contributed by atoms with van der Waals surface area (Å²) in [6.07, 6.45) is 3.15. The number of H-pyrrole nitrogens is 1. The monoisotopic (exact) mass is 242 g/mol. The van der Waals surface area contributed by atoms with E-state index in [1.54, 1.807) is 0 Å². The van der Waals surface area contributed by atoms with Gasteiger partial charge in [0.25, 0.3) is 0 Å². The van der Waals surface area contributed by atoms with Crippen molar-refractivity contribution in [1.82, 2.24) is 10.3 Å². The number of carbonyl (C=O) groups excluding carboxylic acids is 1. The fraction of sp³-hybridized carbons (Fsp3) is 0.267. The van der Waals surface area contributed by atoms with Gasteiger partial charge in [-0.2, -0.15) is 0 Å². The lowest BCUT2D eigenvalue weighted by Gasteiger charge is -2.05. The van der Waals surface area contributed by atoms with Crippen molar-refractivity contribution in [1.29, 1.82) is 0 Å². The van der Waals surface area contributed by atoms with E-state index in [9.17, 15) is 4.79 Å². The molecule has 0 spiro atoms. The van der Waals surface area contributed by atoms with E-state index in [4.69, 9.17) is 0 Å². The number of nitrogens with one attached hydrogen (secondary N) is 2. The molecule has 0 fully saturated rings. The smallest absolute Gasteiger partial charge is 0.220 e. The summed E-state index contributed by atoms with van der Waals surface area (Å²) in [4.78, 5) is 14.7. The molecule has 0 aliphatic carbocycles. The molecular weight excluding hydrogens is 224 g/mol. The lowest BCUT2D eigenvalue weighted by atomic mass is 10.1. The fourth-order valence-electron chi connectivity index (χ4n) is 1.77. The van der Waals surface area contributed by atoms with Crippen LogP contribution < -0.4 is 5.32 Å². The van der Waals surface area contributed by atoms with Crippen LogP contribution in [0.25, 0.3) is 0 Å². The maximum Gasteiger partial charge on any atom is 0.220 e. The number of aryl methyl sites for hydroxylation is 2. The zero-order valence-electron chi connectivity index (χ0n) is 10.6. The molecule has 3 heteroatoms. The van der Waals surface area contributed by atoms with Crippen molar-refractivity contribution < 1.29 is 4.79 Å². The van der Waals surface area contributed by atoms with Crippen LogP contribution in [0.5, 0.6) is 0 Å². The van der Waals surface area contributed by atoms with Crippen molar-refractivity contribution in [2.24, 2.45) is 0 Å². The van der Waals surface area contributed by atoms with Crippen molar-refractivity contribution in [3.63, 3.8) is 0 Å². The van der Waals surface area contributed by atoms with E-state index in [1.165, 1.54) is 5.56 Å². The molecule has 2 aromatic rings. The molecule has 0 aliphatic rings. The Morgan fingerprint density at radius 1 is 1.22 bits per heavy atom. The van der Waals surface area contributed by atoms with E-state index in [2.05, 4.69) is 29.4 Å². The first-order valence-electron chi connectivity index (χ1n) is 6.18. The minimum Gasteiger partial charge on any atom is -0.365 e. The second kappa shape index (κ2) is 6.05. The molecule has 0 radical (unpaired) electrons. The van der Waals surface area contributed by atoms with E-state index >= 15 is 0 Å². The molecule has 2 rings (SSSR count). The Bertz CT molecular complexity index is 486. The average Bonchev–Trinajstić information content (AvgIpc) is 2.89. The van der Waals surface area contributed by atoms with Gasteiger partial charge in [-0.25, -0.2) is 0 Å². The Kier molecular flexibility index (Phi) is 4.18. The summed E-state index contributed by atoms with van der Waals surface area (Å²) in [5, 5.41) is 2.93. The van der Waals surface area contributed by atoms with Gasteiger partial charge in [0.15, 0.2) is 0 Å². The molecule has 1 aromatic carbocycles. The van der Waals surface area contributed by atoms with E-state index in [0.29, 0.717) is 13.0 Å². The summed E-state index contributed by atoms with van der Waals surface area (Å²) in [6, 6.07) is 12.1. The summed E-state index contributed by atoms with van der Waals surface area (Å²) in [7, 11) is 0. The minimum atomic E-state index is 0.0881. The van der Waals surface area contributed by atoms with E-state index in [1.807, 2.05) is 30.5 Å². The molecule has 1 amide bonds. The van der Waals surface area contributed by atoms with Gasteiger partial charge in [0.05, 0.1) is 0 Å². The van der Waals surface area contributed by atoms with Crippen LogP contribution in [0.1, 0.15) is 23.2 Å². The first kappa shape index (κ1) is 12.4. The second-order valence-electron chi connectivity index (χ2n) is 4.46. The highest BCUT2D eigenvalue weighted by molar-refractivity contribution is 5.76. The van der Waals surface area contributed by atoms with Crippen LogP contribution in [-0.4, -0.2) is 10.9 Å². The molecule has 94 valence electrons. The van der Waals surface area contributed by atoms with Crippen molar-refractivity contribution in [2.75, 3.05) is 0 Å². The number of rotatable bonds is 5. The van der Waals surface area contributed by atoms with Gasteiger partial charge in [-0.05, 0) is 31.0 Å². The third kappa shape index (κ3) is 3.77. The molecule has 1 heterocycles. The average molecular weight is 242 g/mol. The molecule has 0 saturated carbocycles. The summed E-state index contributed by atoms with van der Waals surface area (Å²) >= 11 is 0. The lowest BCUT2D eigenvalue weighted by molar-refractivity contribution is -0.121. The Morgan fingerprint density at radius 3 is 2.67 bits per heavy atom.